The van der Waals surface area contributed by atoms with Gasteiger partial charge < -0.3 is 9.64 Å². The van der Waals surface area contributed by atoms with E-state index in [2.05, 4.69) is 53.2 Å². The minimum absolute atomic E-state index is 0.0172. The summed E-state index contributed by atoms with van der Waals surface area (Å²) in [4.78, 5) is 17.8. The van der Waals surface area contributed by atoms with Crippen molar-refractivity contribution in [1.82, 2.24) is 9.80 Å². The van der Waals surface area contributed by atoms with Gasteiger partial charge >= 0.3 is 0 Å². The maximum atomic E-state index is 13.4. The fourth-order valence-corrected chi connectivity index (χ4v) is 5.00. The van der Waals surface area contributed by atoms with Crippen LogP contribution in [-0.4, -0.2) is 42.5 Å². The Morgan fingerprint density at radius 2 is 1.85 bits per heavy atom. The van der Waals surface area contributed by atoms with Gasteiger partial charge in [-0.3, -0.25) is 9.69 Å². The number of hydrogen-bond donors (Lipinski definition) is 0. The number of likely N-dealkylation sites (tertiary alicyclic amines) is 1. The van der Waals surface area contributed by atoms with E-state index in [1.165, 1.54) is 16.7 Å². The van der Waals surface area contributed by atoms with Crippen LogP contribution in [0.4, 0.5) is 0 Å². The lowest BCUT2D eigenvalue weighted by Crippen LogP contribution is -2.43. The van der Waals surface area contributed by atoms with Crippen LogP contribution in [-0.2, 0) is 17.8 Å². The first-order valence-electron chi connectivity index (χ1n) is 9.50. The molecule has 0 bridgehead atoms. The van der Waals surface area contributed by atoms with Gasteiger partial charge in [0.1, 0.15) is 5.75 Å². The minimum atomic E-state index is 0.0172. The zero-order valence-corrected chi connectivity index (χ0v) is 15.1. The molecular formula is C22H24N2O2. The van der Waals surface area contributed by atoms with Crippen LogP contribution in [0.15, 0.2) is 48.5 Å². The Bertz CT molecular complexity index is 850. The molecule has 3 atom stereocenters. The molecule has 2 aromatic rings. The van der Waals surface area contributed by atoms with Gasteiger partial charge in [-0.15, -0.1) is 0 Å². The Morgan fingerprint density at radius 3 is 2.73 bits per heavy atom. The van der Waals surface area contributed by atoms with Crippen LogP contribution in [0.3, 0.4) is 0 Å². The number of fused-ring (bicyclic) bond motifs is 4. The van der Waals surface area contributed by atoms with E-state index in [1.807, 2.05) is 12.1 Å². The normalized spacial score (nSPS) is 27.3. The molecule has 3 aliphatic rings. The van der Waals surface area contributed by atoms with Crippen LogP contribution in [0.25, 0.3) is 0 Å². The van der Waals surface area contributed by atoms with E-state index in [0.29, 0.717) is 12.5 Å². The second kappa shape index (κ2) is 6.13. The Hall–Kier alpha value is -2.33. The van der Waals surface area contributed by atoms with Crippen molar-refractivity contribution in [2.75, 3.05) is 26.7 Å². The molecule has 5 rings (SSSR count). The Morgan fingerprint density at radius 1 is 1.08 bits per heavy atom. The Kier molecular flexibility index (Phi) is 3.75. The van der Waals surface area contributed by atoms with Crippen LogP contribution in [0.5, 0.6) is 5.75 Å². The van der Waals surface area contributed by atoms with Crippen molar-refractivity contribution in [3.05, 3.63) is 65.2 Å². The van der Waals surface area contributed by atoms with Gasteiger partial charge in [0.25, 0.3) is 0 Å². The van der Waals surface area contributed by atoms with E-state index < -0.39 is 0 Å². The molecule has 134 valence electrons. The number of carbonyl (C=O) groups excluding carboxylic acids is 1. The molecule has 1 fully saturated rings. The summed E-state index contributed by atoms with van der Waals surface area (Å²) < 4.78 is 6.01. The monoisotopic (exact) mass is 348 g/mol. The number of amides is 1. The second-order valence-corrected chi connectivity index (χ2v) is 7.78. The molecule has 0 aromatic heterocycles. The quantitative estimate of drug-likeness (QED) is 0.794. The zero-order chi connectivity index (χ0) is 17.7. The summed E-state index contributed by atoms with van der Waals surface area (Å²) in [6, 6.07) is 17.0. The lowest BCUT2D eigenvalue weighted by molar-refractivity contribution is -0.137. The molecule has 1 saturated heterocycles. The molecule has 0 unspecified atom stereocenters. The highest BCUT2D eigenvalue weighted by Crippen LogP contribution is 2.47. The average Bonchev–Trinajstić information content (AvgIpc) is 3.04. The van der Waals surface area contributed by atoms with Gasteiger partial charge in [-0.05, 0) is 30.7 Å². The molecule has 4 heteroatoms. The minimum Gasteiger partial charge on any atom is -0.493 e. The summed E-state index contributed by atoms with van der Waals surface area (Å²) in [5.41, 5.74) is 3.90. The van der Waals surface area contributed by atoms with Crippen LogP contribution in [0.1, 0.15) is 22.7 Å². The number of ether oxygens (including phenoxy) is 1. The molecule has 0 N–H and O–H groups in total. The number of hydrogen-bond acceptors (Lipinski definition) is 3. The number of rotatable bonds is 1. The molecule has 0 saturated carbocycles. The van der Waals surface area contributed by atoms with Crippen molar-refractivity contribution in [3.8, 4) is 5.75 Å². The van der Waals surface area contributed by atoms with Crippen molar-refractivity contribution < 1.29 is 9.53 Å². The van der Waals surface area contributed by atoms with Gasteiger partial charge in [0.2, 0.25) is 5.91 Å². The lowest BCUT2D eigenvalue weighted by atomic mass is 9.84. The Labute approximate surface area is 154 Å². The van der Waals surface area contributed by atoms with Crippen LogP contribution < -0.4 is 4.74 Å². The summed E-state index contributed by atoms with van der Waals surface area (Å²) in [5, 5.41) is 0. The first-order chi connectivity index (χ1) is 12.7. The van der Waals surface area contributed by atoms with Gasteiger partial charge in [-0.25, -0.2) is 0 Å². The van der Waals surface area contributed by atoms with Crippen molar-refractivity contribution in [2.24, 2.45) is 11.8 Å². The molecule has 1 amide bonds. The molecule has 26 heavy (non-hydrogen) atoms. The molecular weight excluding hydrogens is 324 g/mol. The van der Waals surface area contributed by atoms with E-state index in [9.17, 15) is 4.79 Å². The third-order valence-electron chi connectivity index (χ3n) is 6.31. The number of benzene rings is 2. The average molecular weight is 348 g/mol. The SMILES string of the molecule is CN1C[C@@H](C(=O)N2CCc3ccccc3C2)[C@@H]2COc3ccccc3[C@@H]21. The predicted molar refractivity (Wildman–Crippen MR) is 99.9 cm³/mol. The summed E-state index contributed by atoms with van der Waals surface area (Å²) in [5.74, 6) is 1.52. The maximum Gasteiger partial charge on any atom is 0.227 e. The topological polar surface area (TPSA) is 32.8 Å². The number of nitrogens with zero attached hydrogens (tertiary/aromatic N) is 2. The van der Waals surface area contributed by atoms with E-state index in [-0.39, 0.29) is 17.9 Å². The van der Waals surface area contributed by atoms with E-state index >= 15 is 0 Å². The predicted octanol–water partition coefficient (Wildman–Crippen LogP) is 2.88. The van der Waals surface area contributed by atoms with Crippen molar-refractivity contribution in [2.45, 2.75) is 19.0 Å². The zero-order valence-electron chi connectivity index (χ0n) is 15.1. The molecule has 4 nitrogen and oxygen atoms in total. The first-order valence-corrected chi connectivity index (χ1v) is 9.50. The van der Waals surface area contributed by atoms with Crippen molar-refractivity contribution in [3.63, 3.8) is 0 Å². The molecule has 2 aromatic carbocycles. The molecule has 3 aliphatic heterocycles. The van der Waals surface area contributed by atoms with Crippen molar-refractivity contribution in [1.29, 1.82) is 0 Å². The van der Waals surface area contributed by atoms with E-state index in [4.69, 9.17) is 4.74 Å². The standard InChI is InChI=1S/C22H24N2O2/c1-23-13-18(19-14-26-20-9-5-4-8-17(20)21(19)23)22(25)24-11-10-15-6-2-3-7-16(15)12-24/h2-9,18-19,21H,10-14H2,1H3/t18-,19+,21+/m1/s1. The third kappa shape index (κ3) is 2.43. The van der Waals surface area contributed by atoms with Gasteiger partial charge in [0.05, 0.1) is 12.5 Å². The summed E-state index contributed by atoms with van der Waals surface area (Å²) in [7, 11) is 2.14. The number of carbonyl (C=O) groups is 1. The fraction of sp³-hybridized carbons (Fsp3) is 0.409. The maximum absolute atomic E-state index is 13.4. The molecule has 3 heterocycles. The highest BCUT2D eigenvalue weighted by Gasteiger charge is 2.48. The van der Waals surface area contributed by atoms with E-state index in [0.717, 1.165) is 31.8 Å². The van der Waals surface area contributed by atoms with Crippen LogP contribution in [0.2, 0.25) is 0 Å². The van der Waals surface area contributed by atoms with Gasteiger partial charge in [-0.2, -0.15) is 0 Å². The largest absolute Gasteiger partial charge is 0.493 e. The molecule has 0 spiro atoms. The summed E-state index contributed by atoms with van der Waals surface area (Å²) in [6.45, 7) is 3.01. The Balaban J connectivity index is 1.39. The highest BCUT2D eigenvalue weighted by atomic mass is 16.5. The van der Waals surface area contributed by atoms with Crippen molar-refractivity contribution >= 4 is 5.91 Å². The highest BCUT2D eigenvalue weighted by molar-refractivity contribution is 5.80. The smallest absolute Gasteiger partial charge is 0.227 e. The third-order valence-corrected chi connectivity index (χ3v) is 6.31. The van der Waals surface area contributed by atoms with Gasteiger partial charge in [0, 0.05) is 37.2 Å². The summed E-state index contributed by atoms with van der Waals surface area (Å²) in [6.07, 6.45) is 0.956. The van der Waals surface area contributed by atoms with Gasteiger partial charge in [0.15, 0.2) is 0 Å². The molecule has 0 radical (unpaired) electrons. The summed E-state index contributed by atoms with van der Waals surface area (Å²) >= 11 is 0. The van der Waals surface area contributed by atoms with Crippen LogP contribution >= 0.6 is 0 Å². The van der Waals surface area contributed by atoms with E-state index in [1.54, 1.807) is 0 Å². The molecule has 0 aliphatic carbocycles. The second-order valence-electron chi connectivity index (χ2n) is 7.78. The lowest BCUT2D eigenvalue weighted by Gasteiger charge is -2.35. The first kappa shape index (κ1) is 15.9. The van der Waals surface area contributed by atoms with Gasteiger partial charge in [-0.1, -0.05) is 42.5 Å². The number of para-hydroxylation sites is 1. The van der Waals surface area contributed by atoms with Crippen LogP contribution in [0, 0.1) is 11.8 Å². The fourth-order valence-electron chi connectivity index (χ4n) is 5.00.